The van der Waals surface area contributed by atoms with E-state index in [1.165, 1.54) is 72.0 Å². The number of benzene rings is 9. The number of fused-ring (bicyclic) bond motifs is 3. The minimum atomic E-state index is -0.431. The van der Waals surface area contributed by atoms with Crippen molar-refractivity contribution >= 4 is 28.0 Å². The molecule has 0 aromatic heterocycles. The summed E-state index contributed by atoms with van der Waals surface area (Å²) in [5.74, 6) is 1.91. The zero-order valence-corrected chi connectivity index (χ0v) is 36.8. The number of rotatable bonds is 8. The normalized spacial score (nSPS) is 17.1. The van der Waals surface area contributed by atoms with Gasteiger partial charge >= 0.3 is 0 Å². The van der Waals surface area contributed by atoms with Crippen LogP contribution in [0.1, 0.15) is 58.5 Å². The summed E-state index contributed by atoms with van der Waals surface area (Å²) in [5.41, 5.74) is 17.8. The molecule has 12 rings (SSSR count). The highest BCUT2D eigenvalue weighted by Crippen LogP contribution is 2.60. The van der Waals surface area contributed by atoms with E-state index in [1.54, 1.807) is 0 Å². The summed E-state index contributed by atoms with van der Waals surface area (Å²) in [6.45, 7) is 2.35. The first-order valence-corrected chi connectivity index (χ1v) is 23.1. The van der Waals surface area contributed by atoms with Crippen molar-refractivity contribution in [3.63, 3.8) is 0 Å². The number of amidine groups is 2. The summed E-state index contributed by atoms with van der Waals surface area (Å²) in [6, 6.07) is 81.3. The Bertz CT molecular complexity index is 3360. The van der Waals surface area contributed by atoms with E-state index >= 15 is 0 Å². The Kier molecular flexibility index (Phi) is 9.83. The summed E-state index contributed by atoms with van der Waals surface area (Å²) in [7, 11) is 0. The lowest BCUT2D eigenvalue weighted by Crippen LogP contribution is -2.33. The van der Waals surface area contributed by atoms with Crippen LogP contribution in [0.3, 0.4) is 0 Å². The quantitative estimate of drug-likeness (QED) is 0.163. The Balaban J connectivity index is 1.04. The van der Waals surface area contributed by atoms with Crippen molar-refractivity contribution in [2.45, 2.75) is 24.9 Å². The lowest BCUT2D eigenvalue weighted by Gasteiger charge is -2.37. The van der Waals surface area contributed by atoms with E-state index < -0.39 is 5.41 Å². The molecule has 1 aliphatic heterocycles. The first kappa shape index (κ1) is 39.5. The zero-order chi connectivity index (χ0) is 44.0. The Morgan fingerprint density at radius 2 is 1.09 bits per heavy atom. The van der Waals surface area contributed by atoms with E-state index in [1.807, 2.05) is 6.07 Å². The molecule has 1 N–H and O–H groups in total. The van der Waals surface area contributed by atoms with E-state index in [4.69, 9.17) is 9.98 Å². The molecule has 1 heterocycles. The molecule has 9 aromatic carbocycles. The van der Waals surface area contributed by atoms with Crippen molar-refractivity contribution in [2.24, 2.45) is 15.9 Å². The third-order valence-electron chi connectivity index (χ3n) is 13.8. The lowest BCUT2D eigenvalue weighted by atomic mass is 9.64. The van der Waals surface area contributed by atoms with Gasteiger partial charge < -0.3 is 5.32 Å². The van der Waals surface area contributed by atoms with Gasteiger partial charge in [-0.2, -0.15) is 0 Å². The molecule has 0 bridgehead atoms. The van der Waals surface area contributed by atoms with Gasteiger partial charge in [-0.3, -0.25) is 0 Å². The summed E-state index contributed by atoms with van der Waals surface area (Å²) in [5, 5.41) is 6.09. The van der Waals surface area contributed by atoms with Crippen LogP contribution in [0.4, 0.5) is 0 Å². The van der Waals surface area contributed by atoms with Gasteiger partial charge in [0.25, 0.3) is 0 Å². The van der Waals surface area contributed by atoms with Crippen molar-refractivity contribution in [3.8, 4) is 33.4 Å². The molecule has 2 aliphatic carbocycles. The summed E-state index contributed by atoms with van der Waals surface area (Å²) in [6.07, 6.45) is 5.48. The van der Waals surface area contributed by atoms with Crippen molar-refractivity contribution in [2.75, 3.05) is 0 Å². The van der Waals surface area contributed by atoms with Crippen LogP contribution in [0.5, 0.6) is 0 Å². The topological polar surface area (TPSA) is 36.8 Å². The molecule has 0 fully saturated rings. The Hall–Kier alpha value is -8.14. The zero-order valence-electron chi connectivity index (χ0n) is 36.8. The molecule has 3 nitrogen and oxygen atoms in total. The molecule has 66 heavy (non-hydrogen) atoms. The van der Waals surface area contributed by atoms with Crippen molar-refractivity contribution in [1.82, 2.24) is 5.32 Å². The average Bonchev–Trinajstić information content (AvgIpc) is 3.69. The number of hydrogen-bond donors (Lipinski definition) is 1. The van der Waals surface area contributed by atoms with Crippen LogP contribution in [-0.4, -0.2) is 11.7 Å². The molecule has 2 atom stereocenters. The monoisotopic (exact) mass is 845 g/mol. The van der Waals surface area contributed by atoms with E-state index in [-0.39, 0.29) is 6.17 Å². The van der Waals surface area contributed by atoms with Gasteiger partial charge in [-0.1, -0.05) is 237 Å². The van der Waals surface area contributed by atoms with E-state index in [0.29, 0.717) is 11.8 Å². The van der Waals surface area contributed by atoms with Crippen LogP contribution in [0.2, 0.25) is 0 Å². The maximum Gasteiger partial charge on any atom is 0.159 e. The van der Waals surface area contributed by atoms with Gasteiger partial charge in [0.2, 0.25) is 0 Å². The number of hydrogen-bond acceptors (Lipinski definition) is 3. The fraction of sp³-hybridized carbons (Fsp3) is 0.0794. The Morgan fingerprint density at radius 1 is 0.500 bits per heavy atom. The minimum Gasteiger partial charge on any atom is -0.344 e. The van der Waals surface area contributed by atoms with Crippen molar-refractivity contribution in [3.05, 3.63) is 281 Å². The van der Waals surface area contributed by atoms with Gasteiger partial charge in [0, 0.05) is 11.1 Å². The van der Waals surface area contributed by atoms with Gasteiger partial charge in [-0.05, 0) is 102 Å². The van der Waals surface area contributed by atoms with Gasteiger partial charge in [0.05, 0.1) is 5.41 Å². The highest BCUT2D eigenvalue weighted by molar-refractivity contribution is 6.14. The summed E-state index contributed by atoms with van der Waals surface area (Å²) in [4.78, 5) is 10.6. The molecular weight excluding hydrogens is 799 g/mol. The molecule has 3 aliphatic rings. The van der Waals surface area contributed by atoms with Crippen LogP contribution in [0.15, 0.2) is 252 Å². The van der Waals surface area contributed by atoms with Gasteiger partial charge in [0.15, 0.2) is 5.84 Å². The maximum absolute atomic E-state index is 5.35. The number of nitrogens with zero attached hydrogens (tertiary/aromatic N) is 2. The predicted molar refractivity (Wildman–Crippen MR) is 275 cm³/mol. The number of aliphatic imine (C=N–C) groups is 2. The maximum atomic E-state index is 5.35. The fourth-order valence-corrected chi connectivity index (χ4v) is 10.8. The molecule has 9 aromatic rings. The second-order valence-corrected chi connectivity index (χ2v) is 17.7. The molecule has 0 spiro atoms. The number of nitrogens with one attached hydrogen (secondary N) is 1. The molecular formula is C63H47N3. The summed E-state index contributed by atoms with van der Waals surface area (Å²) < 4.78 is 0. The van der Waals surface area contributed by atoms with Crippen LogP contribution in [0.25, 0.3) is 49.7 Å². The van der Waals surface area contributed by atoms with E-state index in [0.717, 1.165) is 34.5 Å². The van der Waals surface area contributed by atoms with Gasteiger partial charge in [-0.25, -0.2) is 9.98 Å². The van der Waals surface area contributed by atoms with Crippen molar-refractivity contribution in [1.29, 1.82) is 0 Å². The molecule has 3 heteroatoms. The first-order chi connectivity index (χ1) is 32.6. The first-order valence-electron chi connectivity index (χ1n) is 23.1. The largest absolute Gasteiger partial charge is 0.344 e. The molecule has 0 amide bonds. The van der Waals surface area contributed by atoms with Crippen LogP contribution >= 0.6 is 0 Å². The van der Waals surface area contributed by atoms with Crippen LogP contribution in [0, 0.1) is 5.92 Å². The fourth-order valence-electron chi connectivity index (χ4n) is 10.8. The van der Waals surface area contributed by atoms with Crippen LogP contribution in [-0.2, 0) is 5.41 Å². The highest BCUT2D eigenvalue weighted by Gasteiger charge is 2.48. The second kappa shape index (κ2) is 16.4. The van der Waals surface area contributed by atoms with E-state index in [9.17, 15) is 0 Å². The minimum absolute atomic E-state index is 0.329. The SMILES string of the molecule is CC1C=CC2=C(C1)C(c1ccccc1)(c1ccccc1)c1cccc(-c3ccc4ccccc4c3-c3cccc(C4=NC(c5ccc(-c6ccccc6)cc5)NC(c5ccccc5)=N4)c3)c12. The van der Waals surface area contributed by atoms with E-state index in [2.05, 4.69) is 243 Å². The predicted octanol–water partition coefficient (Wildman–Crippen LogP) is 15.0. The molecule has 0 saturated heterocycles. The lowest BCUT2D eigenvalue weighted by molar-refractivity contribution is 0.622. The Labute approximate surface area is 386 Å². The van der Waals surface area contributed by atoms with Gasteiger partial charge in [-0.15, -0.1) is 0 Å². The second-order valence-electron chi connectivity index (χ2n) is 17.7. The molecule has 2 unspecified atom stereocenters. The number of allylic oxidation sites excluding steroid dienone is 4. The van der Waals surface area contributed by atoms with Crippen molar-refractivity contribution < 1.29 is 0 Å². The standard InChI is InChI=1S/C63H47N3/c1-42-32-38-55-57(40-42)63(50-25-10-4-11-26-50,51-27-12-5-13-28-51)56-31-17-30-53(59(55)56)54-39-37-45-20-14-15-29-52(45)58(54)48-23-16-24-49(41-48)62-65-60(46-21-8-3-9-22-46)64-61(66-62)47-35-33-44(34-36-47)43-18-6-2-7-19-43/h2-39,41-42,61H,40H2,1H3,(H,64,65,66). The van der Waals surface area contributed by atoms with Gasteiger partial charge in [0.1, 0.15) is 12.0 Å². The molecule has 0 saturated carbocycles. The summed E-state index contributed by atoms with van der Waals surface area (Å²) >= 11 is 0. The third-order valence-corrected chi connectivity index (χ3v) is 13.8. The molecule has 0 radical (unpaired) electrons. The Morgan fingerprint density at radius 3 is 1.82 bits per heavy atom. The third kappa shape index (κ3) is 6.66. The highest BCUT2D eigenvalue weighted by atomic mass is 15.2. The van der Waals surface area contributed by atoms with Crippen LogP contribution < -0.4 is 5.32 Å². The smallest absolute Gasteiger partial charge is 0.159 e. The molecule has 314 valence electrons. The average molecular weight is 846 g/mol.